The second-order valence-corrected chi connectivity index (χ2v) is 3.41. The van der Waals surface area contributed by atoms with Gasteiger partial charge in [0.25, 0.3) is 0 Å². The molecule has 1 aliphatic heterocycles. The summed E-state index contributed by atoms with van der Waals surface area (Å²) in [5, 5.41) is 8.71. The van der Waals surface area contributed by atoms with Crippen LogP contribution < -0.4 is 0 Å². The predicted molar refractivity (Wildman–Crippen MR) is 45.6 cm³/mol. The van der Waals surface area contributed by atoms with Gasteiger partial charge in [0.15, 0.2) is 0 Å². The molecule has 0 radical (unpaired) electrons. The van der Waals surface area contributed by atoms with Crippen molar-refractivity contribution in [3.63, 3.8) is 0 Å². The topological polar surface area (TPSA) is 26.7 Å². The molecule has 1 aliphatic rings. The van der Waals surface area contributed by atoms with Crippen molar-refractivity contribution in [3.05, 3.63) is 0 Å². The Labute approximate surface area is 68.6 Å². The summed E-state index contributed by atoms with van der Waals surface area (Å²) in [6.07, 6.45) is 1.24. The molecule has 1 fully saturated rings. The van der Waals surface area contributed by atoms with Crippen molar-refractivity contribution >= 4 is 0 Å². The van der Waals surface area contributed by atoms with Gasteiger partial charge in [-0.2, -0.15) is 0 Å². The van der Waals surface area contributed by atoms with Crippen LogP contribution in [0, 0.1) is 0 Å². The summed E-state index contributed by atoms with van der Waals surface area (Å²) in [6.45, 7) is 3.42. The summed E-state index contributed by atoms with van der Waals surface area (Å²) < 4.78 is 0. The lowest BCUT2D eigenvalue weighted by Crippen LogP contribution is -2.35. The van der Waals surface area contributed by atoms with Gasteiger partial charge in [-0.05, 0) is 27.1 Å². The van der Waals surface area contributed by atoms with Gasteiger partial charge in [0.2, 0.25) is 0 Å². The summed E-state index contributed by atoms with van der Waals surface area (Å²) in [4.78, 5) is 4.57. The van der Waals surface area contributed by atoms with Crippen LogP contribution in [0.2, 0.25) is 0 Å². The number of hydrogen-bond donors (Lipinski definition) is 1. The second-order valence-electron chi connectivity index (χ2n) is 3.41. The van der Waals surface area contributed by atoms with Crippen LogP contribution in [0.4, 0.5) is 0 Å². The molecular formula is C8H18N2O. The van der Waals surface area contributed by atoms with Gasteiger partial charge in [0.1, 0.15) is 0 Å². The number of aliphatic hydroxyl groups is 1. The van der Waals surface area contributed by atoms with E-state index < -0.39 is 0 Å². The first-order valence-corrected chi connectivity index (χ1v) is 4.23. The normalized spacial score (nSPS) is 26.7. The van der Waals surface area contributed by atoms with Crippen molar-refractivity contribution in [1.29, 1.82) is 0 Å². The lowest BCUT2D eigenvalue weighted by molar-refractivity contribution is 0.181. The van der Waals surface area contributed by atoms with Gasteiger partial charge < -0.3 is 10.0 Å². The third-order valence-electron chi connectivity index (χ3n) is 2.44. The van der Waals surface area contributed by atoms with Crippen molar-refractivity contribution in [2.24, 2.45) is 0 Å². The number of likely N-dealkylation sites (tertiary alicyclic amines) is 1. The van der Waals surface area contributed by atoms with Crippen LogP contribution in [0.1, 0.15) is 6.42 Å². The van der Waals surface area contributed by atoms with Crippen molar-refractivity contribution in [2.75, 3.05) is 40.3 Å². The predicted octanol–water partition coefficient (Wildman–Crippen LogP) is -0.385. The van der Waals surface area contributed by atoms with Crippen LogP contribution in [-0.2, 0) is 0 Å². The molecule has 0 amide bonds. The second kappa shape index (κ2) is 4.04. The maximum atomic E-state index is 8.71. The smallest absolute Gasteiger partial charge is 0.0558 e. The third kappa shape index (κ3) is 2.43. The van der Waals surface area contributed by atoms with Crippen LogP contribution in [0.15, 0.2) is 0 Å². The Kier molecular flexibility index (Phi) is 3.30. The first-order valence-electron chi connectivity index (χ1n) is 4.23. The standard InChI is InChI=1S/C8H18N2O/c1-9-4-3-8(7-9)10(2)5-6-11/h8,11H,3-7H2,1-2H3/t8-/m1/s1. The number of aliphatic hydroxyl groups excluding tert-OH is 1. The third-order valence-corrected chi connectivity index (χ3v) is 2.44. The Morgan fingerprint density at radius 2 is 2.36 bits per heavy atom. The van der Waals surface area contributed by atoms with E-state index >= 15 is 0 Å². The maximum Gasteiger partial charge on any atom is 0.0558 e. The van der Waals surface area contributed by atoms with Gasteiger partial charge in [-0.15, -0.1) is 0 Å². The zero-order chi connectivity index (χ0) is 8.27. The van der Waals surface area contributed by atoms with Crippen LogP contribution in [-0.4, -0.2) is 61.3 Å². The zero-order valence-electron chi connectivity index (χ0n) is 7.45. The first-order chi connectivity index (χ1) is 5.24. The van der Waals surface area contributed by atoms with Crippen LogP contribution in [0.5, 0.6) is 0 Å². The molecule has 3 nitrogen and oxygen atoms in total. The molecule has 66 valence electrons. The number of likely N-dealkylation sites (N-methyl/N-ethyl adjacent to an activating group) is 2. The summed E-state index contributed by atoms with van der Waals surface area (Å²) in [7, 11) is 4.23. The number of rotatable bonds is 3. The average Bonchev–Trinajstić information content (AvgIpc) is 2.36. The SMILES string of the molecule is CN1CC[C@@H](N(C)CCO)C1. The highest BCUT2D eigenvalue weighted by Gasteiger charge is 2.22. The molecular weight excluding hydrogens is 140 g/mol. The minimum atomic E-state index is 0.275. The van der Waals surface area contributed by atoms with E-state index in [1.165, 1.54) is 13.0 Å². The number of hydrogen-bond acceptors (Lipinski definition) is 3. The fourth-order valence-electron chi connectivity index (χ4n) is 1.61. The average molecular weight is 158 g/mol. The van der Waals surface area contributed by atoms with Gasteiger partial charge in [0, 0.05) is 19.1 Å². The van der Waals surface area contributed by atoms with Gasteiger partial charge in [-0.1, -0.05) is 0 Å². The highest BCUT2D eigenvalue weighted by molar-refractivity contribution is 4.79. The molecule has 0 spiro atoms. The number of nitrogens with zero attached hydrogens (tertiary/aromatic N) is 2. The first kappa shape index (κ1) is 8.97. The molecule has 1 heterocycles. The molecule has 1 atom stereocenters. The molecule has 0 aromatic heterocycles. The van der Waals surface area contributed by atoms with E-state index in [1.807, 2.05) is 0 Å². The maximum absolute atomic E-state index is 8.71. The minimum absolute atomic E-state index is 0.275. The molecule has 0 aliphatic carbocycles. The lowest BCUT2D eigenvalue weighted by atomic mass is 10.2. The van der Waals surface area contributed by atoms with Gasteiger partial charge in [0.05, 0.1) is 6.61 Å². The van der Waals surface area contributed by atoms with E-state index in [-0.39, 0.29) is 6.61 Å². The van der Waals surface area contributed by atoms with Crippen LogP contribution in [0.3, 0.4) is 0 Å². The van der Waals surface area contributed by atoms with Crippen molar-refractivity contribution < 1.29 is 5.11 Å². The minimum Gasteiger partial charge on any atom is -0.395 e. The summed E-state index contributed by atoms with van der Waals surface area (Å²) in [5.41, 5.74) is 0. The van der Waals surface area contributed by atoms with E-state index in [0.29, 0.717) is 6.04 Å². The Morgan fingerprint density at radius 1 is 1.64 bits per heavy atom. The molecule has 1 N–H and O–H groups in total. The summed E-state index contributed by atoms with van der Waals surface area (Å²) in [6, 6.07) is 0.659. The molecule has 0 aromatic carbocycles. The van der Waals surface area contributed by atoms with E-state index in [2.05, 4.69) is 23.9 Å². The Balaban J connectivity index is 2.25. The fraction of sp³-hybridized carbons (Fsp3) is 1.00. The molecule has 11 heavy (non-hydrogen) atoms. The van der Waals surface area contributed by atoms with E-state index in [9.17, 15) is 0 Å². The monoisotopic (exact) mass is 158 g/mol. The molecule has 1 saturated heterocycles. The van der Waals surface area contributed by atoms with Crippen molar-refractivity contribution in [3.8, 4) is 0 Å². The quantitative estimate of drug-likeness (QED) is 0.606. The largest absolute Gasteiger partial charge is 0.395 e. The van der Waals surface area contributed by atoms with Gasteiger partial charge in [-0.3, -0.25) is 4.90 Å². The van der Waals surface area contributed by atoms with Crippen molar-refractivity contribution in [1.82, 2.24) is 9.80 Å². The van der Waals surface area contributed by atoms with Crippen molar-refractivity contribution in [2.45, 2.75) is 12.5 Å². The van der Waals surface area contributed by atoms with Gasteiger partial charge >= 0.3 is 0 Å². The highest BCUT2D eigenvalue weighted by Crippen LogP contribution is 2.11. The Morgan fingerprint density at radius 3 is 2.82 bits per heavy atom. The van der Waals surface area contributed by atoms with E-state index in [1.54, 1.807) is 0 Å². The van der Waals surface area contributed by atoms with E-state index in [0.717, 1.165) is 13.1 Å². The van der Waals surface area contributed by atoms with Crippen LogP contribution in [0.25, 0.3) is 0 Å². The molecule has 3 heteroatoms. The summed E-state index contributed by atoms with van der Waals surface area (Å²) in [5.74, 6) is 0. The molecule has 0 unspecified atom stereocenters. The molecule has 0 bridgehead atoms. The zero-order valence-corrected chi connectivity index (χ0v) is 7.45. The highest BCUT2D eigenvalue weighted by atomic mass is 16.3. The Hall–Kier alpha value is -0.120. The Bertz CT molecular complexity index is 119. The fourth-order valence-corrected chi connectivity index (χ4v) is 1.61. The molecule has 1 rings (SSSR count). The molecule has 0 saturated carbocycles. The molecule has 0 aromatic rings. The summed E-state index contributed by atoms with van der Waals surface area (Å²) >= 11 is 0. The lowest BCUT2D eigenvalue weighted by Gasteiger charge is -2.22. The van der Waals surface area contributed by atoms with E-state index in [4.69, 9.17) is 5.11 Å². The van der Waals surface area contributed by atoms with Gasteiger partial charge in [-0.25, -0.2) is 0 Å². The van der Waals surface area contributed by atoms with Crippen LogP contribution >= 0.6 is 0 Å².